The molecule has 0 saturated heterocycles. The van der Waals surface area contributed by atoms with Gasteiger partial charge in [0.25, 0.3) is 0 Å². The summed E-state index contributed by atoms with van der Waals surface area (Å²) in [6.07, 6.45) is 9.68. The quantitative estimate of drug-likeness (QED) is 0.652. The Balaban J connectivity index is 2.17. The summed E-state index contributed by atoms with van der Waals surface area (Å²) >= 11 is 0. The second kappa shape index (κ2) is 4.10. The third-order valence-electron chi connectivity index (χ3n) is 2.57. The normalized spacial score (nSPS) is 19.6. The van der Waals surface area contributed by atoms with Crippen LogP contribution in [0.3, 0.4) is 0 Å². The minimum absolute atomic E-state index is 0.474. The van der Waals surface area contributed by atoms with Crippen LogP contribution in [0.5, 0.6) is 0 Å². The van der Waals surface area contributed by atoms with Crippen LogP contribution in [0.25, 0.3) is 5.57 Å². The molecule has 1 aromatic carbocycles. The lowest BCUT2D eigenvalue weighted by molar-refractivity contribution is 0.845. The highest BCUT2D eigenvalue weighted by Gasteiger charge is 2.10. The first kappa shape index (κ1) is 9.01. The second-order valence-corrected chi connectivity index (χ2v) is 3.55. The molecule has 0 fully saturated rings. The fraction of sp³-hybridized carbons (Fsp3) is 0.143. The van der Waals surface area contributed by atoms with E-state index in [9.17, 15) is 0 Å². The van der Waals surface area contributed by atoms with Gasteiger partial charge in [0.1, 0.15) is 0 Å². The predicted molar refractivity (Wildman–Crippen MR) is 61.9 cm³/mol. The largest absolute Gasteiger partial charge is 0.0946 e. The smallest absolute Gasteiger partial charge is 0.00557 e. The van der Waals surface area contributed by atoms with E-state index in [-0.39, 0.29) is 0 Å². The van der Waals surface area contributed by atoms with Gasteiger partial charge in [0.2, 0.25) is 0 Å². The van der Waals surface area contributed by atoms with Gasteiger partial charge >= 0.3 is 0 Å². The van der Waals surface area contributed by atoms with Crippen molar-refractivity contribution in [1.29, 1.82) is 0 Å². The molecule has 0 N–H and O–H groups in total. The molecule has 0 heterocycles. The van der Waals surface area contributed by atoms with Gasteiger partial charge in [-0.2, -0.15) is 0 Å². The molecule has 0 heteroatoms. The van der Waals surface area contributed by atoms with Crippen molar-refractivity contribution in [2.24, 2.45) is 5.92 Å². The standard InChI is InChI=1S/C14H14/c1-12(13-8-4-2-5-9-13)14-10-6-3-7-11-14/h2-10,14H,1,11H2. The molecule has 1 aliphatic carbocycles. The predicted octanol–water partition coefficient (Wildman–Crippen LogP) is 3.83. The number of allylic oxidation sites excluding steroid dienone is 5. The molecule has 14 heavy (non-hydrogen) atoms. The van der Waals surface area contributed by atoms with Crippen LogP contribution in [0.1, 0.15) is 12.0 Å². The SMILES string of the molecule is C=C(c1ccccc1)C1C=CC=CC1. The van der Waals surface area contributed by atoms with E-state index in [1.54, 1.807) is 0 Å². The minimum Gasteiger partial charge on any atom is -0.0946 e. The molecule has 0 radical (unpaired) electrons. The second-order valence-electron chi connectivity index (χ2n) is 3.55. The molecule has 2 rings (SSSR count). The fourth-order valence-corrected chi connectivity index (χ4v) is 1.71. The fourth-order valence-electron chi connectivity index (χ4n) is 1.71. The van der Waals surface area contributed by atoms with Gasteiger partial charge in [0, 0.05) is 5.92 Å². The molecule has 1 atom stereocenters. The van der Waals surface area contributed by atoms with Crippen molar-refractivity contribution >= 4 is 5.57 Å². The first-order valence-corrected chi connectivity index (χ1v) is 4.95. The van der Waals surface area contributed by atoms with Crippen LogP contribution in [0, 0.1) is 5.92 Å². The zero-order valence-corrected chi connectivity index (χ0v) is 8.19. The summed E-state index contributed by atoms with van der Waals surface area (Å²) in [5, 5.41) is 0. The third kappa shape index (κ3) is 1.85. The number of benzene rings is 1. The average molecular weight is 182 g/mol. The monoisotopic (exact) mass is 182 g/mol. The Bertz CT molecular complexity index is 368. The summed E-state index contributed by atoms with van der Waals surface area (Å²) in [6, 6.07) is 10.4. The van der Waals surface area contributed by atoms with Crippen molar-refractivity contribution in [3.05, 3.63) is 66.8 Å². The Kier molecular flexibility index (Phi) is 2.64. The molecule has 1 aromatic rings. The molecule has 70 valence electrons. The molecule has 0 saturated carbocycles. The van der Waals surface area contributed by atoms with Crippen LogP contribution in [0.2, 0.25) is 0 Å². The highest BCUT2D eigenvalue weighted by molar-refractivity contribution is 5.67. The van der Waals surface area contributed by atoms with Crippen LogP contribution >= 0.6 is 0 Å². The van der Waals surface area contributed by atoms with Crippen LogP contribution in [0.15, 0.2) is 61.2 Å². The molecular formula is C14H14. The lowest BCUT2D eigenvalue weighted by atomic mass is 9.89. The Morgan fingerprint density at radius 2 is 1.93 bits per heavy atom. The van der Waals surface area contributed by atoms with E-state index >= 15 is 0 Å². The van der Waals surface area contributed by atoms with E-state index in [1.165, 1.54) is 11.1 Å². The van der Waals surface area contributed by atoms with Gasteiger partial charge in [-0.3, -0.25) is 0 Å². The van der Waals surface area contributed by atoms with E-state index in [1.807, 2.05) is 6.07 Å². The molecule has 1 unspecified atom stereocenters. The van der Waals surface area contributed by atoms with Crippen LogP contribution < -0.4 is 0 Å². The van der Waals surface area contributed by atoms with E-state index in [0.29, 0.717) is 5.92 Å². The Hall–Kier alpha value is -1.56. The van der Waals surface area contributed by atoms with Gasteiger partial charge in [0.05, 0.1) is 0 Å². The summed E-state index contributed by atoms with van der Waals surface area (Å²) in [5.41, 5.74) is 2.46. The summed E-state index contributed by atoms with van der Waals surface area (Å²) < 4.78 is 0. The van der Waals surface area contributed by atoms with Gasteiger partial charge in [-0.1, -0.05) is 61.2 Å². The summed E-state index contributed by atoms with van der Waals surface area (Å²) in [4.78, 5) is 0. The van der Waals surface area contributed by atoms with Crippen LogP contribution in [-0.2, 0) is 0 Å². The maximum atomic E-state index is 4.16. The third-order valence-corrected chi connectivity index (χ3v) is 2.57. The topological polar surface area (TPSA) is 0 Å². The number of hydrogen-bond donors (Lipinski definition) is 0. The summed E-state index contributed by atoms with van der Waals surface area (Å²) in [7, 11) is 0. The maximum Gasteiger partial charge on any atom is 0.00557 e. The molecule has 0 aromatic heterocycles. The first-order valence-electron chi connectivity index (χ1n) is 4.95. The zero-order valence-electron chi connectivity index (χ0n) is 8.19. The van der Waals surface area contributed by atoms with Crippen molar-refractivity contribution in [2.45, 2.75) is 6.42 Å². The Morgan fingerprint density at radius 3 is 2.57 bits per heavy atom. The van der Waals surface area contributed by atoms with Crippen molar-refractivity contribution < 1.29 is 0 Å². The number of rotatable bonds is 2. The van der Waals surface area contributed by atoms with E-state index in [0.717, 1.165) is 6.42 Å². The van der Waals surface area contributed by atoms with Crippen molar-refractivity contribution in [3.63, 3.8) is 0 Å². The van der Waals surface area contributed by atoms with Crippen LogP contribution in [-0.4, -0.2) is 0 Å². The number of hydrogen-bond acceptors (Lipinski definition) is 0. The lowest BCUT2D eigenvalue weighted by Crippen LogP contribution is -1.99. The molecule has 0 spiro atoms. The van der Waals surface area contributed by atoms with Crippen molar-refractivity contribution in [3.8, 4) is 0 Å². The van der Waals surface area contributed by atoms with Crippen molar-refractivity contribution in [1.82, 2.24) is 0 Å². The van der Waals surface area contributed by atoms with E-state index in [4.69, 9.17) is 0 Å². The van der Waals surface area contributed by atoms with Gasteiger partial charge in [-0.05, 0) is 17.6 Å². The molecule has 0 nitrogen and oxygen atoms in total. The van der Waals surface area contributed by atoms with Gasteiger partial charge in [-0.25, -0.2) is 0 Å². The summed E-state index contributed by atoms with van der Waals surface area (Å²) in [6.45, 7) is 4.16. The van der Waals surface area contributed by atoms with Gasteiger partial charge in [-0.15, -0.1) is 0 Å². The molecule has 1 aliphatic rings. The van der Waals surface area contributed by atoms with E-state index in [2.05, 4.69) is 55.1 Å². The Morgan fingerprint density at radius 1 is 1.14 bits per heavy atom. The first-order chi connectivity index (χ1) is 6.88. The average Bonchev–Trinajstić information content (AvgIpc) is 2.30. The maximum absolute atomic E-state index is 4.16. The molecular weight excluding hydrogens is 168 g/mol. The molecule has 0 aliphatic heterocycles. The molecule has 0 amide bonds. The lowest BCUT2D eigenvalue weighted by Gasteiger charge is -2.16. The highest BCUT2D eigenvalue weighted by Crippen LogP contribution is 2.27. The minimum atomic E-state index is 0.474. The highest BCUT2D eigenvalue weighted by atomic mass is 14.1. The summed E-state index contributed by atoms with van der Waals surface area (Å²) in [5.74, 6) is 0.474. The van der Waals surface area contributed by atoms with E-state index < -0.39 is 0 Å². The molecule has 0 bridgehead atoms. The van der Waals surface area contributed by atoms with Crippen molar-refractivity contribution in [2.75, 3.05) is 0 Å². The van der Waals surface area contributed by atoms with Crippen LogP contribution in [0.4, 0.5) is 0 Å². The van der Waals surface area contributed by atoms with Gasteiger partial charge < -0.3 is 0 Å². The Labute approximate surface area is 85.3 Å². The van der Waals surface area contributed by atoms with Gasteiger partial charge in [0.15, 0.2) is 0 Å². The zero-order chi connectivity index (χ0) is 9.80.